The number of ether oxygens (including phenoxy) is 2. The molecule has 0 bridgehead atoms. The second kappa shape index (κ2) is 14.5. The van der Waals surface area contributed by atoms with E-state index in [0.29, 0.717) is 12.0 Å². The number of amides is 2. The molecule has 2 aromatic rings. The lowest BCUT2D eigenvalue weighted by molar-refractivity contribution is -0.156. The van der Waals surface area contributed by atoms with Gasteiger partial charge >= 0.3 is 12.1 Å². The van der Waals surface area contributed by atoms with Crippen molar-refractivity contribution in [3.63, 3.8) is 0 Å². The van der Waals surface area contributed by atoms with E-state index in [0.717, 1.165) is 5.56 Å². The molecule has 204 valence electrons. The number of nitrogens with one attached hydrogen (secondary N) is 2. The lowest BCUT2D eigenvalue weighted by atomic mass is 9.79. The maximum atomic E-state index is 12.6. The standard InChI is InChI=1S/C28H34N2O8/c1-4-28(3,17-19(2)25(34)30-18-31)26(35)37-16-15-29-27(36)38-23-12-8-21(9-13-23)24(33)14-7-20-5-10-22(32)11-6-20/h5-14,19,31-32H,4,15-18H2,1-3H3,(H,29,36)(H,30,34)/b14-7+. The van der Waals surface area contributed by atoms with E-state index in [4.69, 9.17) is 14.6 Å². The highest BCUT2D eigenvalue weighted by Crippen LogP contribution is 2.31. The Morgan fingerprint density at radius 2 is 1.68 bits per heavy atom. The van der Waals surface area contributed by atoms with Crippen LogP contribution in [0.15, 0.2) is 54.6 Å². The van der Waals surface area contributed by atoms with Gasteiger partial charge in [-0.05, 0) is 67.8 Å². The van der Waals surface area contributed by atoms with Crippen molar-refractivity contribution in [2.75, 3.05) is 19.9 Å². The van der Waals surface area contributed by atoms with E-state index in [1.807, 2.05) is 6.92 Å². The summed E-state index contributed by atoms with van der Waals surface area (Å²) in [6, 6.07) is 12.4. The molecule has 0 saturated carbocycles. The summed E-state index contributed by atoms with van der Waals surface area (Å²) in [5.41, 5.74) is 0.269. The van der Waals surface area contributed by atoms with Crippen LogP contribution in [0.2, 0.25) is 0 Å². The van der Waals surface area contributed by atoms with Gasteiger partial charge in [0.15, 0.2) is 5.78 Å². The molecule has 0 radical (unpaired) electrons. The van der Waals surface area contributed by atoms with E-state index < -0.39 is 30.1 Å². The molecule has 0 aliphatic heterocycles. The van der Waals surface area contributed by atoms with Crippen molar-refractivity contribution >= 4 is 29.8 Å². The fraction of sp³-hybridized carbons (Fsp3) is 0.357. The summed E-state index contributed by atoms with van der Waals surface area (Å²) in [5, 5.41) is 22.9. The SMILES string of the molecule is CCC(C)(CC(C)C(=O)NCO)C(=O)OCCNC(=O)Oc1ccc(C(=O)/C=C/c2ccc(O)cc2)cc1. The second-order valence-electron chi connectivity index (χ2n) is 8.98. The number of hydrogen-bond donors (Lipinski definition) is 4. The Bertz CT molecular complexity index is 1130. The Hall–Kier alpha value is -4.18. The minimum Gasteiger partial charge on any atom is -0.508 e. The normalized spacial score (nSPS) is 13.3. The Morgan fingerprint density at radius 1 is 1.03 bits per heavy atom. The highest BCUT2D eigenvalue weighted by molar-refractivity contribution is 6.06. The number of carbonyl (C=O) groups excluding carboxylic acids is 4. The summed E-state index contributed by atoms with van der Waals surface area (Å²) >= 11 is 0. The Morgan fingerprint density at radius 3 is 2.29 bits per heavy atom. The topological polar surface area (TPSA) is 151 Å². The molecule has 0 aliphatic rings. The minimum absolute atomic E-state index is 0.0174. The molecule has 10 nitrogen and oxygen atoms in total. The average Bonchev–Trinajstić information content (AvgIpc) is 2.90. The van der Waals surface area contributed by atoms with Gasteiger partial charge in [-0.3, -0.25) is 14.4 Å². The van der Waals surface area contributed by atoms with Crippen molar-refractivity contribution in [2.24, 2.45) is 11.3 Å². The summed E-state index contributed by atoms with van der Waals surface area (Å²) in [4.78, 5) is 48.9. The number of hydrogen-bond acceptors (Lipinski definition) is 8. The Labute approximate surface area is 221 Å². The van der Waals surface area contributed by atoms with Crippen LogP contribution < -0.4 is 15.4 Å². The summed E-state index contributed by atoms with van der Waals surface area (Å²) in [7, 11) is 0. The first-order chi connectivity index (χ1) is 18.1. The third-order valence-corrected chi connectivity index (χ3v) is 6.00. The van der Waals surface area contributed by atoms with Gasteiger partial charge in [-0.15, -0.1) is 0 Å². The number of benzene rings is 2. The summed E-state index contributed by atoms with van der Waals surface area (Å²) in [5.74, 6) is -1.21. The first-order valence-electron chi connectivity index (χ1n) is 12.2. The molecule has 0 heterocycles. The van der Waals surface area contributed by atoms with Gasteiger partial charge < -0.3 is 30.3 Å². The van der Waals surface area contributed by atoms with Gasteiger partial charge in [0.2, 0.25) is 5.91 Å². The van der Waals surface area contributed by atoms with Gasteiger partial charge in [0.1, 0.15) is 24.8 Å². The minimum atomic E-state index is -0.898. The molecule has 0 saturated heterocycles. The number of ketones is 1. The number of carbonyl (C=O) groups is 4. The molecule has 0 aromatic heterocycles. The van der Waals surface area contributed by atoms with Gasteiger partial charge in [-0.2, -0.15) is 0 Å². The summed E-state index contributed by atoms with van der Waals surface area (Å²) in [6.07, 6.45) is 2.98. The number of aliphatic hydroxyl groups is 1. The molecule has 2 aromatic carbocycles. The smallest absolute Gasteiger partial charge is 0.412 e. The van der Waals surface area contributed by atoms with Gasteiger partial charge in [0.25, 0.3) is 0 Å². The van der Waals surface area contributed by atoms with Crippen LogP contribution in [0.4, 0.5) is 4.79 Å². The monoisotopic (exact) mass is 526 g/mol. The molecular weight excluding hydrogens is 492 g/mol. The number of aliphatic hydroxyl groups excluding tert-OH is 1. The van der Waals surface area contributed by atoms with Crippen LogP contribution >= 0.6 is 0 Å². The number of esters is 1. The van der Waals surface area contributed by atoms with Crippen LogP contribution in [0.1, 0.15) is 49.5 Å². The molecule has 38 heavy (non-hydrogen) atoms. The fourth-order valence-electron chi connectivity index (χ4n) is 3.55. The number of phenolic OH excluding ortho intramolecular Hbond substituents is 1. The molecule has 0 fully saturated rings. The van der Waals surface area contributed by atoms with Crippen LogP contribution in [-0.4, -0.2) is 53.8 Å². The number of rotatable bonds is 13. The molecule has 4 N–H and O–H groups in total. The summed E-state index contributed by atoms with van der Waals surface area (Å²) < 4.78 is 10.5. The number of phenols is 1. The first-order valence-corrected chi connectivity index (χ1v) is 12.2. The third kappa shape index (κ3) is 9.36. The van der Waals surface area contributed by atoms with Crippen LogP contribution in [-0.2, 0) is 14.3 Å². The van der Waals surface area contributed by atoms with Crippen LogP contribution in [0, 0.1) is 11.3 Å². The van der Waals surface area contributed by atoms with Crippen molar-refractivity contribution in [3.05, 3.63) is 65.7 Å². The lowest BCUT2D eigenvalue weighted by Gasteiger charge is -2.28. The highest BCUT2D eigenvalue weighted by atomic mass is 16.6. The largest absolute Gasteiger partial charge is 0.508 e. The maximum absolute atomic E-state index is 12.6. The zero-order valence-corrected chi connectivity index (χ0v) is 21.7. The van der Waals surface area contributed by atoms with Crippen molar-refractivity contribution in [1.29, 1.82) is 0 Å². The van der Waals surface area contributed by atoms with Crippen molar-refractivity contribution < 1.29 is 38.9 Å². The van der Waals surface area contributed by atoms with Crippen molar-refractivity contribution in [3.8, 4) is 11.5 Å². The maximum Gasteiger partial charge on any atom is 0.412 e. The lowest BCUT2D eigenvalue weighted by Crippen LogP contribution is -2.38. The van der Waals surface area contributed by atoms with Crippen LogP contribution in [0.25, 0.3) is 6.08 Å². The van der Waals surface area contributed by atoms with Gasteiger partial charge in [0.05, 0.1) is 12.0 Å². The van der Waals surface area contributed by atoms with Crippen LogP contribution in [0.3, 0.4) is 0 Å². The first kappa shape index (κ1) is 30.0. The Balaban J connectivity index is 1.77. The Kier molecular flexibility index (Phi) is 11.5. The van der Waals surface area contributed by atoms with Crippen LogP contribution in [0.5, 0.6) is 11.5 Å². The molecule has 2 rings (SSSR count). The molecular formula is C28H34N2O8. The summed E-state index contributed by atoms with van der Waals surface area (Å²) in [6.45, 7) is 4.65. The third-order valence-electron chi connectivity index (χ3n) is 6.00. The predicted molar refractivity (Wildman–Crippen MR) is 140 cm³/mol. The molecule has 2 amide bonds. The fourth-order valence-corrected chi connectivity index (χ4v) is 3.55. The predicted octanol–water partition coefficient (Wildman–Crippen LogP) is 3.43. The van der Waals surface area contributed by atoms with Gasteiger partial charge in [0, 0.05) is 11.5 Å². The average molecular weight is 527 g/mol. The van der Waals surface area contributed by atoms with E-state index in [-0.39, 0.29) is 42.8 Å². The van der Waals surface area contributed by atoms with E-state index >= 15 is 0 Å². The van der Waals surface area contributed by atoms with Crippen molar-refractivity contribution in [2.45, 2.75) is 33.6 Å². The molecule has 2 unspecified atom stereocenters. The van der Waals surface area contributed by atoms with E-state index in [1.165, 1.54) is 42.5 Å². The number of allylic oxidation sites excluding steroid dienone is 1. The highest BCUT2D eigenvalue weighted by Gasteiger charge is 2.36. The second-order valence-corrected chi connectivity index (χ2v) is 8.98. The molecule has 0 spiro atoms. The molecule has 10 heteroatoms. The van der Waals surface area contributed by atoms with Gasteiger partial charge in [-0.1, -0.05) is 32.1 Å². The number of aromatic hydroxyl groups is 1. The van der Waals surface area contributed by atoms with E-state index in [2.05, 4.69) is 10.6 Å². The van der Waals surface area contributed by atoms with E-state index in [9.17, 15) is 24.3 Å². The quantitative estimate of drug-likeness (QED) is 0.102. The molecule has 0 aliphatic carbocycles. The van der Waals surface area contributed by atoms with Crippen molar-refractivity contribution in [1.82, 2.24) is 10.6 Å². The zero-order valence-electron chi connectivity index (χ0n) is 21.7. The van der Waals surface area contributed by atoms with E-state index in [1.54, 1.807) is 32.1 Å². The zero-order chi connectivity index (χ0) is 28.1. The van der Waals surface area contributed by atoms with Gasteiger partial charge in [-0.25, -0.2) is 4.79 Å². The molecule has 2 atom stereocenters.